The van der Waals surface area contributed by atoms with Crippen LogP contribution in [-0.4, -0.2) is 46.3 Å². The summed E-state index contributed by atoms with van der Waals surface area (Å²) >= 11 is 0. The van der Waals surface area contributed by atoms with Gasteiger partial charge in [-0.1, -0.05) is 0 Å². The second kappa shape index (κ2) is 6.36. The van der Waals surface area contributed by atoms with Crippen molar-refractivity contribution in [2.75, 3.05) is 19.6 Å². The van der Waals surface area contributed by atoms with Crippen LogP contribution >= 0.6 is 0 Å². The Kier molecular flexibility index (Phi) is 4.54. The molecule has 0 aliphatic carbocycles. The zero-order chi connectivity index (χ0) is 13.7. The largest absolute Gasteiger partial charge is 0.355 e. The van der Waals surface area contributed by atoms with Gasteiger partial charge in [-0.05, 0) is 12.8 Å². The van der Waals surface area contributed by atoms with Crippen LogP contribution in [0, 0.1) is 5.92 Å². The number of likely N-dealkylation sites (tertiary alicyclic amines) is 1. The van der Waals surface area contributed by atoms with E-state index in [1.54, 1.807) is 24.2 Å². The number of aromatic nitrogens is 2. The molecule has 6 heteroatoms. The van der Waals surface area contributed by atoms with Crippen molar-refractivity contribution in [2.24, 2.45) is 5.92 Å². The number of nitrogens with zero attached hydrogens (tertiary/aromatic N) is 2. The molecule has 1 atom stereocenters. The number of imidazole rings is 1. The number of carbonyl (C=O) groups is 2. The van der Waals surface area contributed by atoms with E-state index in [1.807, 2.05) is 0 Å². The summed E-state index contributed by atoms with van der Waals surface area (Å²) in [6.07, 6.45) is 5.92. The first kappa shape index (κ1) is 13.6. The summed E-state index contributed by atoms with van der Waals surface area (Å²) in [5.41, 5.74) is 0. The maximum Gasteiger partial charge on any atom is 0.224 e. The number of nitrogens with one attached hydrogen (secondary N) is 2. The summed E-state index contributed by atoms with van der Waals surface area (Å²) < 4.78 is 0. The monoisotopic (exact) mass is 264 g/mol. The summed E-state index contributed by atoms with van der Waals surface area (Å²) in [5, 5.41) is 2.91. The zero-order valence-corrected chi connectivity index (χ0v) is 11.2. The molecule has 0 saturated carbocycles. The summed E-state index contributed by atoms with van der Waals surface area (Å²) in [4.78, 5) is 32.2. The molecule has 1 aliphatic rings. The molecule has 0 aromatic carbocycles. The minimum Gasteiger partial charge on any atom is -0.355 e. The Morgan fingerprint density at radius 2 is 2.42 bits per heavy atom. The minimum atomic E-state index is -0.0748. The molecule has 1 fully saturated rings. The van der Waals surface area contributed by atoms with E-state index in [4.69, 9.17) is 0 Å². The lowest BCUT2D eigenvalue weighted by Gasteiger charge is -2.31. The number of aromatic amines is 1. The van der Waals surface area contributed by atoms with Crippen LogP contribution in [0.1, 0.15) is 25.6 Å². The second-order valence-corrected chi connectivity index (χ2v) is 4.88. The quantitative estimate of drug-likeness (QED) is 0.822. The van der Waals surface area contributed by atoms with E-state index in [0.29, 0.717) is 19.5 Å². The molecule has 19 heavy (non-hydrogen) atoms. The van der Waals surface area contributed by atoms with Gasteiger partial charge in [0.25, 0.3) is 0 Å². The van der Waals surface area contributed by atoms with Gasteiger partial charge in [-0.2, -0.15) is 0 Å². The molecule has 1 saturated heterocycles. The van der Waals surface area contributed by atoms with Crippen molar-refractivity contribution >= 4 is 11.8 Å². The maximum absolute atomic E-state index is 12.0. The van der Waals surface area contributed by atoms with Gasteiger partial charge in [0.2, 0.25) is 11.8 Å². The van der Waals surface area contributed by atoms with Crippen molar-refractivity contribution in [1.29, 1.82) is 0 Å². The highest BCUT2D eigenvalue weighted by atomic mass is 16.2. The van der Waals surface area contributed by atoms with E-state index in [2.05, 4.69) is 15.3 Å². The average Bonchev–Trinajstić information content (AvgIpc) is 2.92. The van der Waals surface area contributed by atoms with Crippen LogP contribution in [0.5, 0.6) is 0 Å². The smallest absolute Gasteiger partial charge is 0.224 e. The molecular formula is C13H20N4O2. The molecule has 104 valence electrons. The summed E-state index contributed by atoms with van der Waals surface area (Å²) in [7, 11) is 0. The fourth-order valence-corrected chi connectivity index (χ4v) is 2.36. The fraction of sp³-hybridized carbons (Fsp3) is 0.615. The summed E-state index contributed by atoms with van der Waals surface area (Å²) in [6, 6.07) is 0. The van der Waals surface area contributed by atoms with Crippen molar-refractivity contribution in [3.63, 3.8) is 0 Å². The number of carbonyl (C=O) groups excluding carboxylic acids is 2. The SMILES string of the molecule is CC(=O)N1CCCC(C(=O)NCCc2ncc[nH]2)C1. The van der Waals surface area contributed by atoms with Gasteiger partial charge in [-0.3, -0.25) is 9.59 Å². The lowest BCUT2D eigenvalue weighted by molar-refractivity contribution is -0.133. The van der Waals surface area contributed by atoms with Crippen LogP contribution in [0.2, 0.25) is 0 Å². The average molecular weight is 264 g/mol. The lowest BCUT2D eigenvalue weighted by atomic mass is 9.97. The first-order valence-electron chi connectivity index (χ1n) is 6.68. The predicted octanol–water partition coefficient (Wildman–Crippen LogP) is 0.327. The lowest BCUT2D eigenvalue weighted by Crippen LogP contribution is -2.45. The highest BCUT2D eigenvalue weighted by Crippen LogP contribution is 2.16. The third-order valence-electron chi connectivity index (χ3n) is 3.45. The normalized spacial score (nSPS) is 19.2. The Hall–Kier alpha value is -1.85. The van der Waals surface area contributed by atoms with E-state index >= 15 is 0 Å². The van der Waals surface area contributed by atoms with E-state index in [-0.39, 0.29) is 17.7 Å². The predicted molar refractivity (Wildman–Crippen MR) is 70.3 cm³/mol. The first-order valence-corrected chi connectivity index (χ1v) is 6.68. The van der Waals surface area contributed by atoms with Crippen LogP contribution in [0.4, 0.5) is 0 Å². The molecule has 2 N–H and O–H groups in total. The molecular weight excluding hydrogens is 244 g/mol. The maximum atomic E-state index is 12.0. The van der Waals surface area contributed by atoms with Crippen molar-refractivity contribution in [2.45, 2.75) is 26.2 Å². The second-order valence-electron chi connectivity index (χ2n) is 4.88. The van der Waals surface area contributed by atoms with Gasteiger partial charge < -0.3 is 15.2 Å². The van der Waals surface area contributed by atoms with Gasteiger partial charge in [0.15, 0.2) is 0 Å². The van der Waals surface area contributed by atoms with Crippen molar-refractivity contribution in [3.8, 4) is 0 Å². The Morgan fingerprint density at radius 1 is 1.58 bits per heavy atom. The van der Waals surface area contributed by atoms with E-state index in [9.17, 15) is 9.59 Å². The Balaban J connectivity index is 1.74. The van der Waals surface area contributed by atoms with Gasteiger partial charge in [-0.25, -0.2) is 4.98 Å². The molecule has 1 aliphatic heterocycles. The molecule has 1 aromatic heterocycles. The van der Waals surface area contributed by atoms with Crippen molar-refractivity contribution in [3.05, 3.63) is 18.2 Å². The highest BCUT2D eigenvalue weighted by Gasteiger charge is 2.26. The third kappa shape index (κ3) is 3.81. The molecule has 6 nitrogen and oxygen atoms in total. The number of amides is 2. The van der Waals surface area contributed by atoms with Crippen LogP contribution < -0.4 is 5.32 Å². The van der Waals surface area contributed by atoms with Crippen LogP contribution in [0.25, 0.3) is 0 Å². The van der Waals surface area contributed by atoms with Gasteiger partial charge >= 0.3 is 0 Å². The van der Waals surface area contributed by atoms with E-state index in [0.717, 1.165) is 25.2 Å². The topological polar surface area (TPSA) is 78.1 Å². The number of H-pyrrole nitrogens is 1. The van der Waals surface area contributed by atoms with Gasteiger partial charge in [0, 0.05) is 45.4 Å². The first-order chi connectivity index (χ1) is 9.16. The number of hydrogen-bond acceptors (Lipinski definition) is 3. The molecule has 0 radical (unpaired) electrons. The third-order valence-corrected chi connectivity index (χ3v) is 3.45. The van der Waals surface area contributed by atoms with E-state index < -0.39 is 0 Å². The summed E-state index contributed by atoms with van der Waals surface area (Å²) in [5.74, 6) is 0.883. The zero-order valence-electron chi connectivity index (χ0n) is 11.2. The Bertz CT molecular complexity index is 430. The van der Waals surface area contributed by atoms with Crippen LogP contribution in [-0.2, 0) is 16.0 Å². The van der Waals surface area contributed by atoms with Gasteiger partial charge in [0.1, 0.15) is 5.82 Å². The molecule has 0 spiro atoms. The minimum absolute atomic E-state index is 0.0394. The van der Waals surface area contributed by atoms with Gasteiger partial charge in [-0.15, -0.1) is 0 Å². The molecule has 2 amide bonds. The Morgan fingerprint density at radius 3 is 3.11 bits per heavy atom. The van der Waals surface area contributed by atoms with E-state index in [1.165, 1.54) is 0 Å². The fourth-order valence-electron chi connectivity index (χ4n) is 2.36. The molecule has 0 bridgehead atoms. The van der Waals surface area contributed by atoms with Crippen molar-refractivity contribution in [1.82, 2.24) is 20.2 Å². The molecule has 2 heterocycles. The Labute approximate surface area is 112 Å². The highest BCUT2D eigenvalue weighted by molar-refractivity contribution is 5.80. The molecule has 1 unspecified atom stereocenters. The van der Waals surface area contributed by atoms with Crippen LogP contribution in [0.3, 0.4) is 0 Å². The van der Waals surface area contributed by atoms with Gasteiger partial charge in [0.05, 0.1) is 5.92 Å². The summed E-state index contributed by atoms with van der Waals surface area (Å²) in [6.45, 7) is 3.44. The van der Waals surface area contributed by atoms with Crippen molar-refractivity contribution < 1.29 is 9.59 Å². The number of rotatable bonds is 4. The molecule has 2 rings (SSSR count). The number of hydrogen-bond donors (Lipinski definition) is 2. The molecule has 1 aromatic rings. The van der Waals surface area contributed by atoms with Crippen LogP contribution in [0.15, 0.2) is 12.4 Å². The number of piperidine rings is 1. The standard InChI is InChI=1S/C13H20N4O2/c1-10(18)17-8-2-3-11(9-17)13(19)16-5-4-12-14-6-7-15-12/h6-7,11H,2-5,8-9H2,1H3,(H,14,15)(H,16,19).